The molecule has 0 aliphatic rings. The highest BCUT2D eigenvalue weighted by molar-refractivity contribution is 6.15. The highest BCUT2D eigenvalue weighted by Crippen LogP contribution is 2.29. The van der Waals surface area contributed by atoms with Gasteiger partial charge in [-0.15, -0.1) is 0 Å². The molecule has 0 radical (unpaired) electrons. The molecule has 1 heterocycles. The number of fused-ring (bicyclic) bond motifs is 1. The van der Waals surface area contributed by atoms with E-state index >= 15 is 0 Å². The molecule has 5 aromatic rings. The lowest BCUT2D eigenvalue weighted by Crippen LogP contribution is -2.37. The SMILES string of the molecule is C=C(C)C(=O)OCC(F)Oc1cc(=O)oc2cc(OC(=O)c3ccc(N=Nc4ccc(OCN(CC)C(=O)COC(=O)C(=C)c5ccccc5)cc4)cc3)ccc12. The number of benzene rings is 4. The zero-order valence-corrected chi connectivity index (χ0v) is 30.8. The van der Waals surface area contributed by atoms with Crippen molar-refractivity contribution in [3.63, 3.8) is 0 Å². The quantitative estimate of drug-likeness (QED) is 0.0227. The Morgan fingerprint density at radius 2 is 1.46 bits per heavy atom. The van der Waals surface area contributed by atoms with E-state index in [1.54, 1.807) is 67.6 Å². The van der Waals surface area contributed by atoms with Gasteiger partial charge in [0.2, 0.25) is 0 Å². The molecule has 4 aromatic carbocycles. The Morgan fingerprint density at radius 3 is 2.11 bits per heavy atom. The van der Waals surface area contributed by atoms with Gasteiger partial charge in [0.25, 0.3) is 12.3 Å². The van der Waals surface area contributed by atoms with Crippen molar-refractivity contribution in [3.05, 3.63) is 143 Å². The normalized spacial score (nSPS) is 11.4. The number of amides is 1. The Kier molecular flexibility index (Phi) is 13.8. The highest BCUT2D eigenvalue weighted by atomic mass is 19.1. The lowest BCUT2D eigenvalue weighted by molar-refractivity contribution is -0.148. The van der Waals surface area contributed by atoms with Crippen LogP contribution in [0.25, 0.3) is 16.5 Å². The van der Waals surface area contributed by atoms with Crippen molar-refractivity contribution in [2.24, 2.45) is 10.2 Å². The largest absolute Gasteiger partial charge is 0.473 e. The first-order valence-corrected chi connectivity index (χ1v) is 17.3. The van der Waals surface area contributed by atoms with Crippen molar-refractivity contribution in [3.8, 4) is 17.2 Å². The van der Waals surface area contributed by atoms with E-state index in [2.05, 4.69) is 23.4 Å². The molecule has 15 heteroatoms. The van der Waals surface area contributed by atoms with E-state index in [-0.39, 0.29) is 45.9 Å². The maximum Gasteiger partial charge on any atom is 0.343 e. The summed E-state index contributed by atoms with van der Waals surface area (Å²) < 4.78 is 45.8. The van der Waals surface area contributed by atoms with Gasteiger partial charge in [0.05, 0.1) is 34.0 Å². The highest BCUT2D eigenvalue weighted by Gasteiger charge is 2.19. The Balaban J connectivity index is 1.10. The van der Waals surface area contributed by atoms with Crippen LogP contribution in [-0.2, 0) is 23.9 Å². The number of rotatable bonds is 17. The third-order valence-corrected chi connectivity index (χ3v) is 7.87. The molecule has 292 valence electrons. The molecule has 1 unspecified atom stereocenters. The van der Waals surface area contributed by atoms with E-state index < -0.39 is 49.0 Å². The monoisotopic (exact) mass is 777 g/mol. The molecule has 0 aliphatic heterocycles. The molecule has 0 fully saturated rings. The minimum Gasteiger partial charge on any atom is -0.473 e. The summed E-state index contributed by atoms with van der Waals surface area (Å²) in [7, 11) is 0. The molecule has 0 bridgehead atoms. The van der Waals surface area contributed by atoms with Gasteiger partial charge in [-0.3, -0.25) is 4.79 Å². The summed E-state index contributed by atoms with van der Waals surface area (Å²) in [5.41, 5.74) is 1.09. The Bertz CT molecular complexity index is 2360. The molecule has 14 nitrogen and oxygen atoms in total. The topological polar surface area (TPSA) is 173 Å². The number of likely N-dealkylation sites (N-methyl/N-ethyl adjacent to an activating group) is 1. The van der Waals surface area contributed by atoms with Crippen LogP contribution in [0.15, 0.2) is 141 Å². The number of alkyl halides is 1. The van der Waals surface area contributed by atoms with Crippen LogP contribution in [0.3, 0.4) is 0 Å². The average molecular weight is 778 g/mol. The fourth-order valence-corrected chi connectivity index (χ4v) is 4.82. The van der Waals surface area contributed by atoms with Crippen molar-refractivity contribution in [1.29, 1.82) is 0 Å². The zero-order valence-electron chi connectivity index (χ0n) is 30.8. The lowest BCUT2D eigenvalue weighted by atomic mass is 10.1. The van der Waals surface area contributed by atoms with Gasteiger partial charge in [0, 0.05) is 18.2 Å². The van der Waals surface area contributed by atoms with Gasteiger partial charge < -0.3 is 33.0 Å². The first-order valence-electron chi connectivity index (χ1n) is 17.3. The van der Waals surface area contributed by atoms with Crippen molar-refractivity contribution in [2.75, 3.05) is 26.5 Å². The summed E-state index contributed by atoms with van der Waals surface area (Å²) in [4.78, 5) is 62.9. The molecule has 5 rings (SSSR count). The summed E-state index contributed by atoms with van der Waals surface area (Å²) in [6.45, 7) is 9.39. The fourth-order valence-electron chi connectivity index (χ4n) is 4.82. The van der Waals surface area contributed by atoms with Crippen LogP contribution in [0, 0.1) is 0 Å². The van der Waals surface area contributed by atoms with Gasteiger partial charge in [0.15, 0.2) is 19.9 Å². The molecule has 0 saturated heterocycles. The lowest BCUT2D eigenvalue weighted by Gasteiger charge is -2.21. The predicted octanol–water partition coefficient (Wildman–Crippen LogP) is 7.66. The van der Waals surface area contributed by atoms with E-state index in [1.807, 2.05) is 6.07 Å². The van der Waals surface area contributed by atoms with Gasteiger partial charge >= 0.3 is 23.5 Å². The average Bonchev–Trinajstić information content (AvgIpc) is 3.21. The number of esters is 3. The minimum atomic E-state index is -2.08. The third kappa shape index (κ3) is 11.5. The molecule has 57 heavy (non-hydrogen) atoms. The summed E-state index contributed by atoms with van der Waals surface area (Å²) in [5, 5.41) is 8.60. The fraction of sp³-hybridized carbons (Fsp3) is 0.167. The van der Waals surface area contributed by atoms with Gasteiger partial charge in [-0.2, -0.15) is 14.6 Å². The third-order valence-electron chi connectivity index (χ3n) is 7.87. The van der Waals surface area contributed by atoms with Crippen molar-refractivity contribution in [2.45, 2.75) is 20.2 Å². The minimum absolute atomic E-state index is 0.0379. The number of hydrogen-bond acceptors (Lipinski definition) is 13. The summed E-state index contributed by atoms with van der Waals surface area (Å²) in [5.74, 6) is -2.29. The second-order valence-electron chi connectivity index (χ2n) is 12.1. The van der Waals surface area contributed by atoms with Crippen molar-refractivity contribution >= 4 is 51.7 Å². The molecule has 0 spiro atoms. The van der Waals surface area contributed by atoms with E-state index in [4.69, 9.17) is 28.1 Å². The summed E-state index contributed by atoms with van der Waals surface area (Å²) >= 11 is 0. The second kappa shape index (κ2) is 19.3. The molecule has 1 atom stereocenters. The van der Waals surface area contributed by atoms with Crippen molar-refractivity contribution < 1.29 is 51.7 Å². The smallest absolute Gasteiger partial charge is 0.343 e. The molecular weight excluding hydrogens is 741 g/mol. The van der Waals surface area contributed by atoms with Crippen LogP contribution >= 0.6 is 0 Å². The Morgan fingerprint density at radius 1 is 0.807 bits per heavy atom. The predicted molar refractivity (Wildman–Crippen MR) is 205 cm³/mol. The number of azo groups is 1. The van der Waals surface area contributed by atoms with Crippen LogP contribution in [0.4, 0.5) is 15.8 Å². The number of carbonyl (C=O) groups excluding carboxylic acids is 4. The molecule has 0 N–H and O–H groups in total. The maximum atomic E-state index is 14.4. The van der Waals surface area contributed by atoms with Crippen LogP contribution in [0.2, 0.25) is 0 Å². The molecule has 0 saturated carbocycles. The van der Waals surface area contributed by atoms with E-state index in [9.17, 15) is 28.4 Å². The number of halogens is 1. The molecule has 1 amide bonds. The van der Waals surface area contributed by atoms with Gasteiger partial charge in [0.1, 0.15) is 22.8 Å². The number of carbonyl (C=O) groups is 4. The number of ether oxygens (including phenoxy) is 5. The first kappa shape index (κ1) is 40.8. The molecule has 0 aliphatic carbocycles. The Labute approximate surface area is 325 Å². The number of hydrogen-bond donors (Lipinski definition) is 0. The standard InChI is InChI=1S/C42H36FN3O11/c1-5-46(38(47)24-53-41(50)27(4)28-9-7-6-8-10-28)25-54-32-17-15-31(16-18-32)45-44-30-13-11-29(12-14-30)42(51)55-33-19-20-34-35(21-33)57-39(48)22-36(34)56-37(43)23-52-40(49)26(2)3/h6-22,37H,2,4-5,23-25H2,1,3H3. The van der Waals surface area contributed by atoms with Gasteiger partial charge in [-0.25, -0.2) is 19.2 Å². The van der Waals surface area contributed by atoms with Crippen LogP contribution in [0.1, 0.15) is 29.8 Å². The van der Waals surface area contributed by atoms with E-state index in [0.717, 1.165) is 6.07 Å². The first-order chi connectivity index (χ1) is 27.4. The second-order valence-corrected chi connectivity index (χ2v) is 12.1. The maximum absolute atomic E-state index is 14.4. The zero-order chi connectivity index (χ0) is 40.9. The molecule has 1 aromatic heterocycles. The van der Waals surface area contributed by atoms with Gasteiger partial charge in [-0.1, -0.05) is 43.5 Å². The number of nitrogens with zero attached hydrogens (tertiary/aromatic N) is 3. The van der Waals surface area contributed by atoms with E-state index in [1.165, 1.54) is 42.2 Å². The van der Waals surface area contributed by atoms with Gasteiger partial charge in [-0.05, 0) is 80.1 Å². The Hall–Kier alpha value is -7.42. The van der Waals surface area contributed by atoms with Crippen molar-refractivity contribution in [1.82, 2.24) is 4.90 Å². The van der Waals surface area contributed by atoms with Crippen LogP contribution in [-0.4, -0.2) is 61.6 Å². The van der Waals surface area contributed by atoms with E-state index in [0.29, 0.717) is 29.2 Å². The van der Waals surface area contributed by atoms with Crippen LogP contribution in [0.5, 0.6) is 17.2 Å². The van der Waals surface area contributed by atoms with Crippen LogP contribution < -0.4 is 19.8 Å². The summed E-state index contributed by atoms with van der Waals surface area (Å²) in [6, 6.07) is 26.6. The molecular formula is C42H36FN3O11. The summed E-state index contributed by atoms with van der Waals surface area (Å²) in [6.07, 6.45) is -2.08.